The van der Waals surface area contributed by atoms with Crippen molar-refractivity contribution in [1.29, 1.82) is 0 Å². The van der Waals surface area contributed by atoms with E-state index in [9.17, 15) is 13.6 Å². The second-order valence-corrected chi connectivity index (χ2v) is 3.43. The maximum absolute atomic E-state index is 11.8. The van der Waals surface area contributed by atoms with E-state index >= 15 is 0 Å². The zero-order valence-corrected chi connectivity index (χ0v) is 8.30. The van der Waals surface area contributed by atoms with Gasteiger partial charge in [0.15, 0.2) is 0 Å². The second kappa shape index (κ2) is 5.24. The Balaban J connectivity index is 2.18. The normalized spacial score (nSPS) is 16.0. The Morgan fingerprint density at radius 3 is 2.64 bits per heavy atom. The van der Waals surface area contributed by atoms with Gasteiger partial charge in [0, 0.05) is 12.6 Å². The highest BCUT2D eigenvalue weighted by Crippen LogP contribution is 2.26. The van der Waals surface area contributed by atoms with Crippen molar-refractivity contribution in [3.8, 4) is 0 Å². The first-order chi connectivity index (χ1) is 6.65. The van der Waals surface area contributed by atoms with Gasteiger partial charge in [-0.3, -0.25) is 4.79 Å². The number of halogens is 2. The van der Waals surface area contributed by atoms with E-state index in [4.69, 9.17) is 0 Å². The molecule has 1 aliphatic carbocycles. The molecular formula is C9H16F2N2O. The highest BCUT2D eigenvalue weighted by Gasteiger charge is 2.30. The summed E-state index contributed by atoms with van der Waals surface area (Å²) >= 11 is 0. The SMILES string of the molecule is CCN(C(=O)CNCC(F)F)C1CC1. The van der Waals surface area contributed by atoms with Crippen LogP contribution in [-0.4, -0.2) is 42.9 Å². The predicted molar refractivity (Wildman–Crippen MR) is 49.3 cm³/mol. The van der Waals surface area contributed by atoms with E-state index in [0.29, 0.717) is 12.6 Å². The fraction of sp³-hybridized carbons (Fsp3) is 0.889. The van der Waals surface area contributed by atoms with Gasteiger partial charge in [-0.25, -0.2) is 8.78 Å². The van der Waals surface area contributed by atoms with Crippen LogP contribution in [0.15, 0.2) is 0 Å². The maximum atomic E-state index is 11.8. The molecule has 1 amide bonds. The molecule has 0 radical (unpaired) electrons. The summed E-state index contributed by atoms with van der Waals surface area (Å²) in [5, 5.41) is 2.44. The standard InChI is InChI=1S/C9H16F2N2O/c1-2-13(7-3-4-7)9(14)6-12-5-8(10)11/h7-8,12H,2-6H2,1H3. The summed E-state index contributed by atoms with van der Waals surface area (Å²) in [7, 11) is 0. The van der Waals surface area contributed by atoms with Crippen LogP contribution < -0.4 is 5.32 Å². The molecule has 1 N–H and O–H groups in total. The molecule has 3 nitrogen and oxygen atoms in total. The Hall–Kier alpha value is -0.710. The molecule has 1 aliphatic rings. The monoisotopic (exact) mass is 206 g/mol. The van der Waals surface area contributed by atoms with Crippen molar-refractivity contribution >= 4 is 5.91 Å². The molecule has 0 bridgehead atoms. The summed E-state index contributed by atoms with van der Waals surface area (Å²) in [5.74, 6) is -0.0735. The topological polar surface area (TPSA) is 32.3 Å². The van der Waals surface area contributed by atoms with E-state index in [0.717, 1.165) is 12.8 Å². The molecule has 0 aromatic carbocycles. The first kappa shape index (κ1) is 11.4. The average Bonchev–Trinajstić information content (AvgIpc) is 2.89. The average molecular weight is 206 g/mol. The molecule has 82 valence electrons. The Morgan fingerprint density at radius 1 is 1.57 bits per heavy atom. The third-order valence-electron chi connectivity index (χ3n) is 2.22. The van der Waals surface area contributed by atoms with Gasteiger partial charge < -0.3 is 10.2 Å². The van der Waals surface area contributed by atoms with Gasteiger partial charge in [-0.1, -0.05) is 0 Å². The number of rotatable bonds is 6. The predicted octanol–water partition coefficient (Wildman–Crippen LogP) is 0.852. The number of hydrogen-bond acceptors (Lipinski definition) is 2. The van der Waals surface area contributed by atoms with E-state index in [1.54, 1.807) is 4.90 Å². The van der Waals surface area contributed by atoms with Crippen LogP contribution >= 0.6 is 0 Å². The van der Waals surface area contributed by atoms with E-state index in [-0.39, 0.29) is 12.5 Å². The first-order valence-corrected chi connectivity index (χ1v) is 4.93. The molecule has 14 heavy (non-hydrogen) atoms. The van der Waals surface area contributed by atoms with Gasteiger partial charge in [0.25, 0.3) is 6.43 Å². The molecule has 0 aromatic heterocycles. The third kappa shape index (κ3) is 3.57. The smallest absolute Gasteiger partial charge is 0.250 e. The second-order valence-electron chi connectivity index (χ2n) is 3.43. The molecule has 0 aliphatic heterocycles. The highest BCUT2D eigenvalue weighted by atomic mass is 19.3. The molecule has 5 heteroatoms. The van der Waals surface area contributed by atoms with Crippen molar-refractivity contribution in [2.24, 2.45) is 0 Å². The molecule has 0 heterocycles. The van der Waals surface area contributed by atoms with Gasteiger partial charge in [0.05, 0.1) is 13.1 Å². The summed E-state index contributed by atoms with van der Waals surface area (Å²) in [6, 6.07) is 0.362. The molecule has 0 spiro atoms. The number of amides is 1. The number of likely N-dealkylation sites (N-methyl/N-ethyl adjacent to an activating group) is 1. The zero-order valence-electron chi connectivity index (χ0n) is 8.30. The first-order valence-electron chi connectivity index (χ1n) is 4.93. The molecule has 0 unspecified atom stereocenters. The third-order valence-corrected chi connectivity index (χ3v) is 2.22. The van der Waals surface area contributed by atoms with Crippen LogP contribution in [0, 0.1) is 0 Å². The molecule has 1 fully saturated rings. The Kier molecular flexibility index (Phi) is 4.25. The fourth-order valence-electron chi connectivity index (χ4n) is 1.41. The lowest BCUT2D eigenvalue weighted by atomic mass is 10.4. The van der Waals surface area contributed by atoms with Gasteiger partial charge in [0.2, 0.25) is 5.91 Å². The number of nitrogens with zero attached hydrogens (tertiary/aromatic N) is 1. The molecule has 0 atom stereocenters. The minimum Gasteiger partial charge on any atom is -0.339 e. The summed E-state index contributed by atoms with van der Waals surface area (Å²) in [5.41, 5.74) is 0. The lowest BCUT2D eigenvalue weighted by molar-refractivity contribution is -0.130. The Morgan fingerprint density at radius 2 is 2.21 bits per heavy atom. The summed E-state index contributed by atoms with van der Waals surface area (Å²) in [6.45, 7) is 2.19. The minimum absolute atomic E-state index is 0.0225. The summed E-state index contributed by atoms with van der Waals surface area (Å²) in [6.07, 6.45) is -0.290. The van der Waals surface area contributed by atoms with Gasteiger partial charge in [-0.05, 0) is 19.8 Å². The largest absolute Gasteiger partial charge is 0.339 e. The number of hydrogen-bond donors (Lipinski definition) is 1. The van der Waals surface area contributed by atoms with Crippen LogP contribution in [0.25, 0.3) is 0 Å². The van der Waals surface area contributed by atoms with Crippen LogP contribution in [0.2, 0.25) is 0 Å². The molecule has 1 rings (SSSR count). The lowest BCUT2D eigenvalue weighted by Crippen LogP contribution is -2.40. The van der Waals surface area contributed by atoms with Crippen LogP contribution in [0.1, 0.15) is 19.8 Å². The minimum atomic E-state index is -2.39. The number of carbonyl (C=O) groups excluding carboxylic acids is 1. The molecule has 0 aromatic rings. The summed E-state index contributed by atoms with van der Waals surface area (Å²) in [4.78, 5) is 13.2. The van der Waals surface area contributed by atoms with Gasteiger partial charge >= 0.3 is 0 Å². The van der Waals surface area contributed by atoms with Crippen LogP contribution in [0.4, 0.5) is 8.78 Å². The number of alkyl halides is 2. The molecular weight excluding hydrogens is 190 g/mol. The number of carbonyl (C=O) groups is 1. The van der Waals surface area contributed by atoms with Crippen molar-refractivity contribution in [3.63, 3.8) is 0 Å². The van der Waals surface area contributed by atoms with E-state index in [1.807, 2.05) is 6.92 Å². The Bertz CT molecular complexity index is 195. The van der Waals surface area contributed by atoms with Crippen molar-refractivity contribution in [1.82, 2.24) is 10.2 Å². The molecule has 1 saturated carbocycles. The number of nitrogens with one attached hydrogen (secondary N) is 1. The Labute approximate surface area is 82.5 Å². The van der Waals surface area contributed by atoms with Crippen LogP contribution in [0.5, 0.6) is 0 Å². The fourth-order valence-corrected chi connectivity index (χ4v) is 1.41. The van der Waals surface area contributed by atoms with Crippen molar-refractivity contribution in [2.45, 2.75) is 32.2 Å². The van der Waals surface area contributed by atoms with Gasteiger partial charge in [-0.2, -0.15) is 0 Å². The van der Waals surface area contributed by atoms with Crippen LogP contribution in [-0.2, 0) is 4.79 Å². The van der Waals surface area contributed by atoms with Gasteiger partial charge in [-0.15, -0.1) is 0 Å². The van der Waals surface area contributed by atoms with E-state index < -0.39 is 13.0 Å². The van der Waals surface area contributed by atoms with E-state index in [2.05, 4.69) is 5.32 Å². The van der Waals surface area contributed by atoms with Gasteiger partial charge in [0.1, 0.15) is 0 Å². The maximum Gasteiger partial charge on any atom is 0.250 e. The van der Waals surface area contributed by atoms with Crippen molar-refractivity contribution in [3.05, 3.63) is 0 Å². The van der Waals surface area contributed by atoms with Crippen molar-refractivity contribution in [2.75, 3.05) is 19.6 Å². The lowest BCUT2D eigenvalue weighted by Gasteiger charge is -2.20. The quantitative estimate of drug-likeness (QED) is 0.698. The van der Waals surface area contributed by atoms with Crippen molar-refractivity contribution < 1.29 is 13.6 Å². The summed E-state index contributed by atoms with van der Waals surface area (Å²) < 4.78 is 23.5. The molecule has 0 saturated heterocycles. The van der Waals surface area contributed by atoms with Crippen LogP contribution in [0.3, 0.4) is 0 Å². The highest BCUT2D eigenvalue weighted by molar-refractivity contribution is 5.78. The zero-order chi connectivity index (χ0) is 10.6. The van der Waals surface area contributed by atoms with E-state index in [1.165, 1.54) is 0 Å².